The summed E-state index contributed by atoms with van der Waals surface area (Å²) in [7, 11) is 0. The molecule has 7 heteroatoms. The second-order valence-electron chi connectivity index (χ2n) is 3.84. The Bertz CT molecular complexity index is 429. The lowest BCUT2D eigenvalue weighted by Gasteiger charge is -2.26. The van der Waals surface area contributed by atoms with Gasteiger partial charge in [-0.05, 0) is 25.5 Å². The number of nitrogens with two attached hydrogens (primary N) is 1. The van der Waals surface area contributed by atoms with Gasteiger partial charge in [0.1, 0.15) is 0 Å². The smallest absolute Gasteiger partial charge is 0.324 e. The van der Waals surface area contributed by atoms with Gasteiger partial charge in [0.2, 0.25) is 0 Å². The number of nitrogens with zero attached hydrogens (tertiary/aromatic N) is 1. The van der Waals surface area contributed by atoms with Crippen molar-refractivity contribution in [3.63, 3.8) is 0 Å². The highest BCUT2D eigenvalue weighted by atomic mass is 19.4. The van der Waals surface area contributed by atoms with Crippen LogP contribution in [0.4, 0.5) is 18.9 Å². The molecule has 1 rings (SSSR count). The summed E-state index contributed by atoms with van der Waals surface area (Å²) in [5, 5.41) is 2.13. The second-order valence-corrected chi connectivity index (χ2v) is 3.84. The molecule has 94 valence electrons. The van der Waals surface area contributed by atoms with E-state index in [2.05, 4.69) is 10.3 Å². The highest BCUT2D eigenvalue weighted by molar-refractivity contribution is 5.98. The molecule has 0 aliphatic heterocycles. The van der Waals surface area contributed by atoms with Crippen molar-refractivity contribution < 1.29 is 18.0 Å². The molecule has 4 nitrogen and oxygen atoms in total. The highest BCUT2D eigenvalue weighted by Gasteiger charge is 2.54. The summed E-state index contributed by atoms with van der Waals surface area (Å²) in [5.41, 5.74) is 2.86. The van der Waals surface area contributed by atoms with E-state index >= 15 is 0 Å². The van der Waals surface area contributed by atoms with E-state index in [1.165, 1.54) is 18.5 Å². The van der Waals surface area contributed by atoms with Crippen molar-refractivity contribution in [1.29, 1.82) is 0 Å². The first-order valence-corrected chi connectivity index (χ1v) is 4.74. The van der Waals surface area contributed by atoms with Gasteiger partial charge < -0.3 is 11.1 Å². The minimum absolute atomic E-state index is 0.255. The number of carbonyl (C=O) groups is 1. The Morgan fingerprint density at radius 3 is 2.53 bits per heavy atom. The standard InChI is InChI=1S/C10H12F3N3O/c1-6-5-15-4-3-7(6)16-8(17)9(2,14)10(11,12)13/h3-5H,14H2,1-2H3,(H,15,16,17). The number of aromatic nitrogens is 1. The Hall–Kier alpha value is -1.63. The molecule has 1 aromatic rings. The van der Waals surface area contributed by atoms with E-state index in [1.54, 1.807) is 6.92 Å². The number of amides is 1. The molecular formula is C10H12F3N3O. The lowest BCUT2D eigenvalue weighted by Crippen LogP contribution is -2.59. The van der Waals surface area contributed by atoms with Crippen LogP contribution in [0.15, 0.2) is 18.5 Å². The van der Waals surface area contributed by atoms with E-state index in [4.69, 9.17) is 5.73 Å². The monoisotopic (exact) mass is 247 g/mol. The van der Waals surface area contributed by atoms with Crippen molar-refractivity contribution in [3.05, 3.63) is 24.0 Å². The molecule has 1 heterocycles. The number of anilines is 1. The zero-order chi connectivity index (χ0) is 13.3. The number of alkyl halides is 3. The summed E-state index contributed by atoms with van der Waals surface area (Å²) in [6.45, 7) is 2.24. The molecule has 0 aliphatic rings. The number of carbonyl (C=O) groups excluding carboxylic acids is 1. The highest BCUT2D eigenvalue weighted by Crippen LogP contribution is 2.29. The predicted octanol–water partition coefficient (Wildman–Crippen LogP) is 1.61. The van der Waals surface area contributed by atoms with Crippen LogP contribution in [-0.2, 0) is 4.79 Å². The number of rotatable bonds is 2. The molecular weight excluding hydrogens is 235 g/mol. The van der Waals surface area contributed by atoms with Crippen LogP contribution >= 0.6 is 0 Å². The van der Waals surface area contributed by atoms with Crippen LogP contribution in [0.3, 0.4) is 0 Å². The van der Waals surface area contributed by atoms with Crippen LogP contribution < -0.4 is 11.1 Å². The SMILES string of the molecule is Cc1cnccc1NC(=O)C(C)(N)C(F)(F)F. The predicted molar refractivity (Wildman–Crippen MR) is 56.3 cm³/mol. The van der Waals surface area contributed by atoms with Crippen LogP contribution in [0.2, 0.25) is 0 Å². The third-order valence-electron chi connectivity index (χ3n) is 2.33. The van der Waals surface area contributed by atoms with E-state index in [1.807, 2.05) is 0 Å². The lowest BCUT2D eigenvalue weighted by atomic mass is 10.0. The molecule has 0 radical (unpaired) electrons. The first-order chi connectivity index (χ1) is 7.66. The summed E-state index contributed by atoms with van der Waals surface area (Å²) in [6.07, 6.45) is -2.01. The summed E-state index contributed by atoms with van der Waals surface area (Å²) in [5.74, 6) is -1.31. The molecule has 0 saturated heterocycles. The van der Waals surface area contributed by atoms with Gasteiger partial charge in [-0.3, -0.25) is 9.78 Å². The van der Waals surface area contributed by atoms with Gasteiger partial charge in [0.05, 0.1) is 0 Å². The maximum absolute atomic E-state index is 12.5. The molecule has 1 amide bonds. The van der Waals surface area contributed by atoms with Gasteiger partial charge in [-0.15, -0.1) is 0 Å². The summed E-state index contributed by atoms with van der Waals surface area (Å²) in [6, 6.07) is 1.40. The van der Waals surface area contributed by atoms with Crippen LogP contribution in [0.25, 0.3) is 0 Å². The molecule has 0 bridgehead atoms. The van der Waals surface area contributed by atoms with E-state index < -0.39 is 17.6 Å². The molecule has 1 unspecified atom stereocenters. The van der Waals surface area contributed by atoms with Crippen molar-refractivity contribution in [3.8, 4) is 0 Å². The molecule has 3 N–H and O–H groups in total. The van der Waals surface area contributed by atoms with Crippen LogP contribution in [-0.4, -0.2) is 22.6 Å². The van der Waals surface area contributed by atoms with E-state index in [9.17, 15) is 18.0 Å². The van der Waals surface area contributed by atoms with E-state index in [-0.39, 0.29) is 5.69 Å². The van der Waals surface area contributed by atoms with Crippen molar-refractivity contribution in [2.24, 2.45) is 5.73 Å². The lowest BCUT2D eigenvalue weighted by molar-refractivity contribution is -0.184. The molecule has 0 fully saturated rings. The van der Waals surface area contributed by atoms with Gasteiger partial charge in [-0.2, -0.15) is 13.2 Å². The number of nitrogens with one attached hydrogen (secondary N) is 1. The quantitative estimate of drug-likeness (QED) is 0.834. The third-order valence-corrected chi connectivity index (χ3v) is 2.33. The van der Waals surface area contributed by atoms with Crippen molar-refractivity contribution >= 4 is 11.6 Å². The number of halogens is 3. The summed E-state index contributed by atoms with van der Waals surface area (Å²) >= 11 is 0. The summed E-state index contributed by atoms with van der Waals surface area (Å²) in [4.78, 5) is 15.2. The molecule has 1 atom stereocenters. The fourth-order valence-corrected chi connectivity index (χ4v) is 0.995. The minimum Gasteiger partial charge on any atom is -0.324 e. The summed E-state index contributed by atoms with van der Waals surface area (Å²) < 4.78 is 37.5. The molecule has 0 saturated carbocycles. The van der Waals surface area contributed by atoms with Gasteiger partial charge in [0.15, 0.2) is 5.54 Å². The molecule has 0 aliphatic carbocycles. The van der Waals surface area contributed by atoms with E-state index in [0.29, 0.717) is 12.5 Å². The van der Waals surface area contributed by atoms with Gasteiger partial charge in [-0.25, -0.2) is 0 Å². The Labute approximate surface area is 96.0 Å². The van der Waals surface area contributed by atoms with Crippen LogP contribution in [0, 0.1) is 6.92 Å². The third kappa shape index (κ3) is 2.73. The Morgan fingerprint density at radius 2 is 2.06 bits per heavy atom. The minimum atomic E-state index is -4.81. The van der Waals surface area contributed by atoms with Crippen molar-refractivity contribution in [2.75, 3.05) is 5.32 Å². The van der Waals surface area contributed by atoms with Gasteiger partial charge >= 0.3 is 6.18 Å². The first-order valence-electron chi connectivity index (χ1n) is 4.74. The molecule has 1 aromatic heterocycles. The normalized spacial score (nSPS) is 15.2. The van der Waals surface area contributed by atoms with Gasteiger partial charge in [0, 0.05) is 18.1 Å². The fraction of sp³-hybridized carbons (Fsp3) is 0.400. The van der Waals surface area contributed by atoms with Crippen molar-refractivity contribution in [1.82, 2.24) is 4.98 Å². The Balaban J connectivity index is 2.91. The van der Waals surface area contributed by atoms with E-state index in [0.717, 1.165) is 0 Å². The number of hydrogen-bond donors (Lipinski definition) is 2. The number of pyridine rings is 1. The van der Waals surface area contributed by atoms with Crippen LogP contribution in [0.1, 0.15) is 12.5 Å². The Morgan fingerprint density at radius 1 is 1.47 bits per heavy atom. The zero-order valence-corrected chi connectivity index (χ0v) is 9.30. The average Bonchev–Trinajstić information content (AvgIpc) is 2.19. The number of aryl methyl sites for hydroxylation is 1. The topological polar surface area (TPSA) is 68.0 Å². The maximum Gasteiger partial charge on any atom is 0.415 e. The largest absolute Gasteiger partial charge is 0.415 e. The van der Waals surface area contributed by atoms with Crippen LogP contribution in [0.5, 0.6) is 0 Å². The van der Waals surface area contributed by atoms with Gasteiger partial charge in [0.25, 0.3) is 5.91 Å². The second kappa shape index (κ2) is 4.33. The molecule has 17 heavy (non-hydrogen) atoms. The zero-order valence-electron chi connectivity index (χ0n) is 9.30. The van der Waals surface area contributed by atoms with Gasteiger partial charge in [-0.1, -0.05) is 0 Å². The Kier molecular flexibility index (Phi) is 3.42. The molecule has 0 aromatic carbocycles. The van der Waals surface area contributed by atoms with Crippen molar-refractivity contribution in [2.45, 2.75) is 25.6 Å². The fourth-order valence-electron chi connectivity index (χ4n) is 0.995. The number of hydrogen-bond acceptors (Lipinski definition) is 3. The average molecular weight is 247 g/mol. The maximum atomic E-state index is 12.5. The first kappa shape index (κ1) is 13.4. The molecule has 0 spiro atoms.